The van der Waals surface area contributed by atoms with Crippen molar-refractivity contribution in [3.8, 4) is 0 Å². The molecular formula is C14H17ClN4O5. The Balaban J connectivity index is 1.80. The van der Waals surface area contributed by atoms with Crippen molar-refractivity contribution in [3.05, 3.63) is 38.9 Å². The van der Waals surface area contributed by atoms with Crippen LogP contribution in [-0.2, 0) is 9.53 Å². The molecule has 2 rings (SSSR count). The van der Waals surface area contributed by atoms with E-state index in [4.69, 9.17) is 16.3 Å². The number of benzene rings is 1. The molecule has 0 spiro atoms. The molecule has 10 heteroatoms. The van der Waals surface area contributed by atoms with Crippen LogP contribution >= 0.6 is 11.6 Å². The zero-order valence-corrected chi connectivity index (χ0v) is 13.5. The minimum absolute atomic E-state index is 0.0274. The quantitative estimate of drug-likeness (QED) is 0.594. The Kier molecular flexibility index (Phi) is 6.47. The summed E-state index contributed by atoms with van der Waals surface area (Å²) in [6.07, 6.45) is 0.223. The summed E-state index contributed by atoms with van der Waals surface area (Å²) >= 11 is 5.68. The first-order valence-electron chi connectivity index (χ1n) is 7.30. The monoisotopic (exact) mass is 356 g/mol. The fourth-order valence-electron chi connectivity index (χ4n) is 2.14. The van der Waals surface area contributed by atoms with Crippen LogP contribution in [0.4, 0.5) is 5.69 Å². The van der Waals surface area contributed by atoms with Crippen LogP contribution in [0.15, 0.2) is 18.2 Å². The molecule has 0 aromatic heterocycles. The van der Waals surface area contributed by atoms with Crippen molar-refractivity contribution in [3.63, 3.8) is 0 Å². The molecule has 2 amide bonds. The number of nitrogens with zero attached hydrogens (tertiary/aromatic N) is 2. The number of hydrogen-bond acceptors (Lipinski definition) is 6. The predicted molar refractivity (Wildman–Crippen MR) is 85.6 cm³/mol. The third kappa shape index (κ3) is 5.15. The number of nitro groups is 1. The van der Waals surface area contributed by atoms with Crippen molar-refractivity contribution in [2.24, 2.45) is 0 Å². The van der Waals surface area contributed by atoms with Gasteiger partial charge in [0.15, 0.2) is 0 Å². The SMILES string of the molecule is O=C(CCN1CCOCC1)NNC(=O)c1ccc(Cl)c([N+](=O)[O-])c1. The van der Waals surface area contributed by atoms with E-state index in [0.717, 1.165) is 19.2 Å². The van der Waals surface area contributed by atoms with E-state index in [1.807, 2.05) is 0 Å². The van der Waals surface area contributed by atoms with Gasteiger partial charge in [0.05, 0.1) is 18.1 Å². The number of nitrogens with one attached hydrogen (secondary N) is 2. The Morgan fingerprint density at radius 1 is 1.29 bits per heavy atom. The highest BCUT2D eigenvalue weighted by Gasteiger charge is 2.17. The molecule has 1 saturated heterocycles. The number of hydrazine groups is 1. The van der Waals surface area contributed by atoms with Gasteiger partial charge in [-0.25, -0.2) is 0 Å². The van der Waals surface area contributed by atoms with Gasteiger partial charge in [-0.15, -0.1) is 0 Å². The highest BCUT2D eigenvalue weighted by atomic mass is 35.5. The Morgan fingerprint density at radius 3 is 2.67 bits per heavy atom. The van der Waals surface area contributed by atoms with E-state index < -0.39 is 10.8 Å². The van der Waals surface area contributed by atoms with E-state index in [1.54, 1.807) is 0 Å². The number of morpholine rings is 1. The number of rotatable bonds is 5. The van der Waals surface area contributed by atoms with Gasteiger partial charge in [0.2, 0.25) is 5.91 Å². The second kappa shape index (κ2) is 8.57. The Hall–Kier alpha value is -2.23. The normalized spacial score (nSPS) is 14.9. The Bertz CT molecular complexity index is 634. The minimum Gasteiger partial charge on any atom is -0.379 e. The number of nitro benzene ring substituents is 1. The van der Waals surface area contributed by atoms with Crippen molar-refractivity contribution in [1.29, 1.82) is 0 Å². The van der Waals surface area contributed by atoms with Crippen LogP contribution < -0.4 is 10.9 Å². The molecule has 1 aliphatic heterocycles. The van der Waals surface area contributed by atoms with Crippen molar-refractivity contribution in [1.82, 2.24) is 15.8 Å². The summed E-state index contributed by atoms with van der Waals surface area (Å²) in [5.41, 5.74) is 4.16. The zero-order valence-electron chi connectivity index (χ0n) is 12.8. The van der Waals surface area contributed by atoms with Crippen LogP contribution in [0, 0.1) is 10.1 Å². The van der Waals surface area contributed by atoms with E-state index in [-0.39, 0.29) is 28.6 Å². The third-order valence-electron chi connectivity index (χ3n) is 3.48. The molecule has 1 aromatic carbocycles. The van der Waals surface area contributed by atoms with Gasteiger partial charge in [0.1, 0.15) is 5.02 Å². The average molecular weight is 357 g/mol. The lowest BCUT2D eigenvalue weighted by Crippen LogP contribution is -2.44. The molecule has 0 unspecified atom stereocenters. The van der Waals surface area contributed by atoms with Crippen LogP contribution in [0.5, 0.6) is 0 Å². The largest absolute Gasteiger partial charge is 0.379 e. The van der Waals surface area contributed by atoms with E-state index in [2.05, 4.69) is 15.8 Å². The molecule has 0 atom stereocenters. The topological polar surface area (TPSA) is 114 Å². The first-order chi connectivity index (χ1) is 11.5. The lowest BCUT2D eigenvalue weighted by molar-refractivity contribution is -0.384. The van der Waals surface area contributed by atoms with Gasteiger partial charge in [-0.05, 0) is 12.1 Å². The van der Waals surface area contributed by atoms with E-state index in [9.17, 15) is 19.7 Å². The van der Waals surface area contributed by atoms with Gasteiger partial charge < -0.3 is 4.74 Å². The number of carbonyl (C=O) groups excluding carboxylic acids is 2. The molecule has 0 radical (unpaired) electrons. The third-order valence-corrected chi connectivity index (χ3v) is 3.80. The summed E-state index contributed by atoms with van der Waals surface area (Å²) in [6.45, 7) is 3.40. The van der Waals surface area contributed by atoms with E-state index in [1.165, 1.54) is 12.1 Å². The minimum atomic E-state index is -0.681. The molecule has 0 saturated carbocycles. The van der Waals surface area contributed by atoms with Gasteiger partial charge in [-0.1, -0.05) is 11.6 Å². The lowest BCUT2D eigenvalue weighted by atomic mass is 10.2. The number of carbonyl (C=O) groups is 2. The number of amides is 2. The maximum Gasteiger partial charge on any atom is 0.288 e. The van der Waals surface area contributed by atoms with Crippen molar-refractivity contribution < 1.29 is 19.2 Å². The van der Waals surface area contributed by atoms with Crippen LogP contribution in [0.25, 0.3) is 0 Å². The fourth-order valence-corrected chi connectivity index (χ4v) is 2.33. The standard InChI is InChI=1S/C14H17ClN4O5/c15-11-2-1-10(9-12(11)19(22)23)14(21)17-16-13(20)3-4-18-5-7-24-8-6-18/h1-2,9H,3-8H2,(H,16,20)(H,17,21). The van der Waals surface area contributed by atoms with Crippen LogP contribution in [0.2, 0.25) is 5.02 Å². The Morgan fingerprint density at radius 2 is 2.00 bits per heavy atom. The summed E-state index contributed by atoms with van der Waals surface area (Å²) in [7, 11) is 0. The highest BCUT2D eigenvalue weighted by Crippen LogP contribution is 2.24. The molecule has 1 aromatic rings. The highest BCUT2D eigenvalue weighted by molar-refractivity contribution is 6.32. The molecule has 1 fully saturated rings. The molecule has 24 heavy (non-hydrogen) atoms. The molecule has 1 aliphatic rings. The summed E-state index contributed by atoms with van der Waals surface area (Å²) in [4.78, 5) is 35.9. The van der Waals surface area contributed by atoms with Gasteiger partial charge in [0.25, 0.3) is 11.6 Å². The smallest absolute Gasteiger partial charge is 0.288 e. The first-order valence-corrected chi connectivity index (χ1v) is 7.68. The number of halogens is 1. The predicted octanol–water partition coefficient (Wildman–Crippen LogP) is 0.732. The number of ether oxygens (including phenoxy) is 1. The van der Waals surface area contributed by atoms with Gasteiger partial charge in [0, 0.05) is 37.7 Å². The second-order valence-corrected chi connectivity index (χ2v) is 5.54. The molecule has 9 nitrogen and oxygen atoms in total. The van der Waals surface area contributed by atoms with E-state index in [0.29, 0.717) is 19.8 Å². The van der Waals surface area contributed by atoms with Crippen LogP contribution in [0.1, 0.15) is 16.8 Å². The van der Waals surface area contributed by atoms with Gasteiger partial charge in [-0.2, -0.15) is 0 Å². The van der Waals surface area contributed by atoms with Crippen LogP contribution in [0.3, 0.4) is 0 Å². The van der Waals surface area contributed by atoms with Crippen molar-refractivity contribution in [2.75, 3.05) is 32.8 Å². The van der Waals surface area contributed by atoms with Gasteiger partial charge >= 0.3 is 0 Å². The summed E-state index contributed by atoms with van der Waals surface area (Å²) in [5, 5.41) is 10.7. The molecular weight excluding hydrogens is 340 g/mol. The Labute approximate surface area is 143 Å². The zero-order chi connectivity index (χ0) is 17.5. The molecule has 1 heterocycles. The average Bonchev–Trinajstić information content (AvgIpc) is 2.59. The summed E-state index contributed by atoms with van der Waals surface area (Å²) in [6, 6.07) is 3.65. The van der Waals surface area contributed by atoms with Crippen LogP contribution in [-0.4, -0.2) is 54.5 Å². The fraction of sp³-hybridized carbons (Fsp3) is 0.429. The molecule has 0 bridgehead atoms. The van der Waals surface area contributed by atoms with Crippen molar-refractivity contribution in [2.45, 2.75) is 6.42 Å². The second-order valence-electron chi connectivity index (χ2n) is 5.13. The van der Waals surface area contributed by atoms with Crippen molar-refractivity contribution >= 4 is 29.1 Å². The maximum absolute atomic E-state index is 11.9. The molecule has 0 aliphatic carbocycles. The van der Waals surface area contributed by atoms with E-state index >= 15 is 0 Å². The summed E-state index contributed by atoms with van der Waals surface area (Å²) in [5.74, 6) is -1.01. The number of hydrogen-bond donors (Lipinski definition) is 2. The van der Waals surface area contributed by atoms with Gasteiger partial charge in [-0.3, -0.25) is 35.5 Å². The maximum atomic E-state index is 11.9. The molecule has 2 N–H and O–H groups in total. The summed E-state index contributed by atoms with van der Waals surface area (Å²) < 4.78 is 5.21. The molecule has 130 valence electrons. The first kappa shape index (κ1) is 18.1. The lowest BCUT2D eigenvalue weighted by Gasteiger charge is -2.26.